The van der Waals surface area contributed by atoms with Gasteiger partial charge in [-0.1, -0.05) is 0 Å². The zero-order chi connectivity index (χ0) is 12.0. The zero-order valence-electron chi connectivity index (χ0n) is 8.56. The standard InChI is InChI=1S/C8H14N2O4S/c1-5(11)9-6(4-15)8(14)10(2)3-7(12)13/h6,15H,3-4H2,1-2H3,(H,9,11)(H,12,13). The fraction of sp³-hybridized carbons (Fsp3) is 0.625. The Morgan fingerprint density at radius 1 is 1.47 bits per heavy atom. The number of nitrogens with one attached hydrogen (secondary N) is 1. The lowest BCUT2D eigenvalue weighted by molar-refractivity contribution is -0.144. The van der Waals surface area contributed by atoms with Gasteiger partial charge in [0.15, 0.2) is 0 Å². The molecule has 7 heteroatoms. The van der Waals surface area contributed by atoms with Crippen LogP contribution in [0.2, 0.25) is 0 Å². The number of thiol groups is 1. The smallest absolute Gasteiger partial charge is 0.323 e. The number of carbonyl (C=O) groups excluding carboxylic acids is 2. The van der Waals surface area contributed by atoms with E-state index < -0.39 is 24.5 Å². The van der Waals surface area contributed by atoms with Crippen LogP contribution in [0, 0.1) is 0 Å². The summed E-state index contributed by atoms with van der Waals surface area (Å²) >= 11 is 3.91. The van der Waals surface area contributed by atoms with E-state index in [0.29, 0.717) is 0 Å². The molecule has 0 fully saturated rings. The molecule has 0 heterocycles. The monoisotopic (exact) mass is 234 g/mol. The van der Waals surface area contributed by atoms with Gasteiger partial charge in [0.05, 0.1) is 0 Å². The van der Waals surface area contributed by atoms with Crippen LogP contribution in [0.3, 0.4) is 0 Å². The Hall–Kier alpha value is -1.24. The van der Waals surface area contributed by atoms with Crippen molar-refractivity contribution in [3.8, 4) is 0 Å². The normalized spacial score (nSPS) is 11.7. The largest absolute Gasteiger partial charge is 0.480 e. The van der Waals surface area contributed by atoms with Crippen LogP contribution in [0.5, 0.6) is 0 Å². The lowest BCUT2D eigenvalue weighted by atomic mass is 10.3. The predicted molar refractivity (Wildman–Crippen MR) is 56.7 cm³/mol. The van der Waals surface area contributed by atoms with Crippen molar-refractivity contribution in [1.29, 1.82) is 0 Å². The van der Waals surface area contributed by atoms with E-state index in [9.17, 15) is 14.4 Å². The lowest BCUT2D eigenvalue weighted by Crippen LogP contribution is -2.49. The third kappa shape index (κ3) is 5.26. The van der Waals surface area contributed by atoms with Gasteiger partial charge in [0.25, 0.3) is 0 Å². The van der Waals surface area contributed by atoms with Crippen LogP contribution in [0.4, 0.5) is 0 Å². The summed E-state index contributed by atoms with van der Waals surface area (Å²) in [5, 5.41) is 10.9. The highest BCUT2D eigenvalue weighted by atomic mass is 32.1. The van der Waals surface area contributed by atoms with E-state index in [1.54, 1.807) is 0 Å². The molecule has 0 aliphatic rings. The Bertz CT molecular complexity index is 269. The van der Waals surface area contributed by atoms with Crippen LogP contribution >= 0.6 is 12.6 Å². The van der Waals surface area contributed by atoms with Gasteiger partial charge in [-0.25, -0.2) is 0 Å². The first-order valence-corrected chi connectivity index (χ1v) is 4.86. The fourth-order valence-corrected chi connectivity index (χ4v) is 1.23. The summed E-state index contributed by atoms with van der Waals surface area (Å²) in [6.45, 7) is 0.879. The maximum Gasteiger partial charge on any atom is 0.323 e. The average Bonchev–Trinajstić information content (AvgIpc) is 2.11. The molecule has 86 valence electrons. The number of rotatable bonds is 5. The predicted octanol–water partition coefficient (Wildman–Crippen LogP) is -1.04. The summed E-state index contributed by atoms with van der Waals surface area (Å²) in [5.74, 6) is -1.80. The molecular formula is C8H14N2O4S. The number of aliphatic carboxylic acids is 1. The number of hydrogen-bond acceptors (Lipinski definition) is 4. The number of amides is 2. The first kappa shape index (κ1) is 13.8. The van der Waals surface area contributed by atoms with Gasteiger partial charge in [-0.15, -0.1) is 0 Å². The molecule has 1 atom stereocenters. The highest BCUT2D eigenvalue weighted by Gasteiger charge is 2.22. The first-order chi connectivity index (χ1) is 6.88. The van der Waals surface area contributed by atoms with Crippen LogP contribution < -0.4 is 5.32 Å². The van der Waals surface area contributed by atoms with E-state index in [1.165, 1.54) is 14.0 Å². The Balaban J connectivity index is 4.36. The van der Waals surface area contributed by atoms with E-state index >= 15 is 0 Å². The minimum absolute atomic E-state index is 0.127. The molecule has 0 bridgehead atoms. The molecule has 0 aromatic heterocycles. The molecule has 15 heavy (non-hydrogen) atoms. The number of carbonyl (C=O) groups is 3. The van der Waals surface area contributed by atoms with Crippen molar-refractivity contribution in [3.63, 3.8) is 0 Å². The van der Waals surface area contributed by atoms with Crippen LogP contribution in [-0.2, 0) is 14.4 Å². The van der Waals surface area contributed by atoms with Crippen molar-refractivity contribution in [2.45, 2.75) is 13.0 Å². The maximum absolute atomic E-state index is 11.5. The maximum atomic E-state index is 11.5. The zero-order valence-corrected chi connectivity index (χ0v) is 9.45. The minimum Gasteiger partial charge on any atom is -0.480 e. The summed E-state index contributed by atoms with van der Waals surface area (Å²) in [6, 6.07) is -0.782. The second-order valence-corrected chi connectivity index (χ2v) is 3.39. The van der Waals surface area contributed by atoms with Crippen molar-refractivity contribution in [2.24, 2.45) is 0 Å². The molecule has 0 radical (unpaired) electrons. The van der Waals surface area contributed by atoms with Gasteiger partial charge >= 0.3 is 5.97 Å². The summed E-state index contributed by atoms with van der Waals surface area (Å²) in [7, 11) is 1.36. The number of carboxylic acids is 1. The molecule has 0 spiro atoms. The van der Waals surface area contributed by atoms with Crippen LogP contribution in [-0.4, -0.2) is 53.2 Å². The molecule has 0 aliphatic heterocycles. The highest BCUT2D eigenvalue weighted by Crippen LogP contribution is 1.95. The van der Waals surface area contributed by atoms with E-state index in [0.717, 1.165) is 4.90 Å². The third-order valence-electron chi connectivity index (χ3n) is 1.61. The van der Waals surface area contributed by atoms with Gasteiger partial charge < -0.3 is 15.3 Å². The molecule has 2 amide bonds. The van der Waals surface area contributed by atoms with E-state index in [-0.39, 0.29) is 11.7 Å². The SMILES string of the molecule is CC(=O)NC(CS)C(=O)N(C)CC(=O)O. The van der Waals surface area contributed by atoms with Crippen LogP contribution in [0.1, 0.15) is 6.92 Å². The third-order valence-corrected chi connectivity index (χ3v) is 1.97. The summed E-state index contributed by atoms with van der Waals surface area (Å²) in [4.78, 5) is 33.6. The summed E-state index contributed by atoms with van der Waals surface area (Å²) < 4.78 is 0. The number of hydrogen-bond donors (Lipinski definition) is 3. The number of nitrogens with zero attached hydrogens (tertiary/aromatic N) is 1. The molecule has 0 aromatic carbocycles. The van der Waals surface area contributed by atoms with E-state index in [1.807, 2.05) is 0 Å². The molecule has 0 saturated heterocycles. The number of likely N-dealkylation sites (N-methyl/N-ethyl adjacent to an activating group) is 1. The van der Waals surface area contributed by atoms with Gasteiger partial charge in [0, 0.05) is 19.7 Å². The van der Waals surface area contributed by atoms with Crippen molar-refractivity contribution >= 4 is 30.4 Å². The van der Waals surface area contributed by atoms with Crippen molar-refractivity contribution in [2.75, 3.05) is 19.3 Å². The van der Waals surface area contributed by atoms with Crippen LogP contribution in [0.15, 0.2) is 0 Å². The topological polar surface area (TPSA) is 86.7 Å². The molecule has 6 nitrogen and oxygen atoms in total. The van der Waals surface area contributed by atoms with Gasteiger partial charge in [-0.05, 0) is 0 Å². The first-order valence-electron chi connectivity index (χ1n) is 4.23. The molecule has 0 aliphatic carbocycles. The average molecular weight is 234 g/mol. The molecular weight excluding hydrogens is 220 g/mol. The van der Waals surface area contributed by atoms with Gasteiger partial charge in [0.1, 0.15) is 12.6 Å². The molecule has 0 rings (SSSR count). The highest BCUT2D eigenvalue weighted by molar-refractivity contribution is 7.80. The molecule has 0 saturated carbocycles. The van der Waals surface area contributed by atoms with Crippen LogP contribution in [0.25, 0.3) is 0 Å². The Labute approximate surface area is 93.0 Å². The molecule has 2 N–H and O–H groups in total. The molecule has 0 aromatic rings. The summed E-state index contributed by atoms with van der Waals surface area (Å²) in [5.41, 5.74) is 0. The summed E-state index contributed by atoms with van der Waals surface area (Å²) in [6.07, 6.45) is 0. The Morgan fingerprint density at radius 2 is 2.00 bits per heavy atom. The quantitative estimate of drug-likeness (QED) is 0.531. The van der Waals surface area contributed by atoms with Gasteiger partial charge in [-0.2, -0.15) is 12.6 Å². The Morgan fingerprint density at radius 3 is 2.33 bits per heavy atom. The second kappa shape index (κ2) is 6.28. The van der Waals surface area contributed by atoms with Gasteiger partial charge in [-0.3, -0.25) is 14.4 Å². The van der Waals surface area contributed by atoms with Gasteiger partial charge in [0.2, 0.25) is 11.8 Å². The lowest BCUT2D eigenvalue weighted by Gasteiger charge is -2.21. The van der Waals surface area contributed by atoms with E-state index in [2.05, 4.69) is 17.9 Å². The second-order valence-electron chi connectivity index (χ2n) is 3.02. The fourth-order valence-electron chi connectivity index (χ4n) is 0.978. The molecule has 1 unspecified atom stereocenters. The van der Waals surface area contributed by atoms with E-state index in [4.69, 9.17) is 5.11 Å². The number of carboxylic acid groups (broad SMARTS) is 1. The van der Waals surface area contributed by atoms with Crippen molar-refractivity contribution in [1.82, 2.24) is 10.2 Å². The van der Waals surface area contributed by atoms with Crippen molar-refractivity contribution < 1.29 is 19.5 Å². The van der Waals surface area contributed by atoms with Crippen molar-refractivity contribution in [3.05, 3.63) is 0 Å². The Kier molecular flexibility index (Phi) is 5.76. The minimum atomic E-state index is -1.11.